The van der Waals surface area contributed by atoms with E-state index in [4.69, 9.17) is 5.73 Å². The summed E-state index contributed by atoms with van der Waals surface area (Å²) in [6, 6.07) is -0.0659. The van der Waals surface area contributed by atoms with Crippen molar-refractivity contribution in [1.82, 2.24) is 20.1 Å². The monoisotopic (exact) mass is 351 g/mol. The second kappa shape index (κ2) is 8.70. The zero-order valence-electron chi connectivity index (χ0n) is 13.5. The largest absolute Gasteiger partial charge is 0.344 e. The third-order valence-electron chi connectivity index (χ3n) is 3.83. The molecule has 3 N–H and O–H groups in total. The van der Waals surface area contributed by atoms with Crippen LogP contribution in [0.4, 0.5) is 0 Å². The summed E-state index contributed by atoms with van der Waals surface area (Å²) in [7, 11) is 0. The average molecular weight is 352 g/mol. The van der Waals surface area contributed by atoms with Crippen LogP contribution in [-0.2, 0) is 17.8 Å². The third kappa shape index (κ3) is 4.57. The smallest absolute Gasteiger partial charge is 0.240 e. The standard InChI is InChI=1S/C14H25N5O.2ClH/c1-4-8-14(3,15)13(20)16-10-7-6-9-19-12(10)17-11(5-2)18-19;;/h10H,4-9,15H2,1-3H3,(H,16,20);2*1H. The summed E-state index contributed by atoms with van der Waals surface area (Å²) in [6.07, 6.45) is 4.28. The van der Waals surface area contributed by atoms with Crippen molar-refractivity contribution in [2.45, 2.75) is 71.0 Å². The Bertz CT molecular complexity index is 490. The molecule has 2 unspecified atom stereocenters. The molecule has 1 aliphatic rings. The van der Waals surface area contributed by atoms with Gasteiger partial charge in [0.05, 0.1) is 11.6 Å². The highest BCUT2D eigenvalue weighted by atomic mass is 35.5. The van der Waals surface area contributed by atoms with E-state index in [1.807, 2.05) is 18.5 Å². The van der Waals surface area contributed by atoms with Crippen LogP contribution in [0.2, 0.25) is 0 Å². The van der Waals surface area contributed by atoms with Crippen LogP contribution >= 0.6 is 24.8 Å². The number of carbonyl (C=O) groups excluding carboxylic acids is 1. The van der Waals surface area contributed by atoms with Gasteiger partial charge in [-0.2, -0.15) is 5.10 Å². The number of hydrogen-bond donors (Lipinski definition) is 2. The molecule has 2 rings (SSSR count). The van der Waals surface area contributed by atoms with Gasteiger partial charge in [-0.1, -0.05) is 20.3 Å². The predicted molar refractivity (Wildman–Crippen MR) is 91.5 cm³/mol. The molecule has 0 aromatic carbocycles. The Hall–Kier alpha value is -0.850. The fraction of sp³-hybridized carbons (Fsp3) is 0.786. The zero-order chi connectivity index (χ0) is 14.8. The van der Waals surface area contributed by atoms with Gasteiger partial charge >= 0.3 is 0 Å². The van der Waals surface area contributed by atoms with Crippen LogP contribution < -0.4 is 11.1 Å². The highest BCUT2D eigenvalue weighted by molar-refractivity contribution is 5.86. The van der Waals surface area contributed by atoms with Crippen LogP contribution in [0.15, 0.2) is 0 Å². The molecular weight excluding hydrogens is 325 g/mol. The van der Waals surface area contributed by atoms with E-state index in [1.54, 1.807) is 6.92 Å². The molecule has 0 saturated heterocycles. The van der Waals surface area contributed by atoms with E-state index in [-0.39, 0.29) is 36.8 Å². The van der Waals surface area contributed by atoms with Gasteiger partial charge in [-0.15, -0.1) is 24.8 Å². The minimum atomic E-state index is -0.815. The molecule has 22 heavy (non-hydrogen) atoms. The first-order valence-corrected chi connectivity index (χ1v) is 7.51. The number of nitrogens with two attached hydrogens (primary N) is 1. The lowest BCUT2D eigenvalue weighted by molar-refractivity contribution is -0.127. The molecule has 128 valence electrons. The number of nitrogens with zero attached hydrogens (tertiary/aromatic N) is 3. The van der Waals surface area contributed by atoms with Crippen molar-refractivity contribution in [2.24, 2.45) is 5.73 Å². The number of halogens is 2. The number of aromatic nitrogens is 3. The summed E-state index contributed by atoms with van der Waals surface area (Å²) in [6.45, 7) is 6.73. The molecule has 2 atom stereocenters. The van der Waals surface area contributed by atoms with Crippen molar-refractivity contribution >= 4 is 30.7 Å². The molecule has 0 bridgehead atoms. The second-order valence-electron chi connectivity index (χ2n) is 5.80. The molecular formula is C14H27Cl2N5O. The lowest BCUT2D eigenvalue weighted by Crippen LogP contribution is -2.52. The molecule has 8 heteroatoms. The number of rotatable bonds is 5. The molecule has 0 spiro atoms. The van der Waals surface area contributed by atoms with Gasteiger partial charge in [0.25, 0.3) is 0 Å². The van der Waals surface area contributed by atoms with Crippen molar-refractivity contribution in [2.75, 3.05) is 0 Å². The van der Waals surface area contributed by atoms with Gasteiger partial charge in [-0.05, 0) is 26.2 Å². The van der Waals surface area contributed by atoms with E-state index in [9.17, 15) is 4.79 Å². The first-order chi connectivity index (χ1) is 9.47. The van der Waals surface area contributed by atoms with Crippen LogP contribution in [0, 0.1) is 0 Å². The highest BCUT2D eigenvalue weighted by Crippen LogP contribution is 2.24. The molecule has 1 amide bonds. The Balaban J connectivity index is 0.00000220. The zero-order valence-corrected chi connectivity index (χ0v) is 15.1. The number of amides is 1. The summed E-state index contributed by atoms with van der Waals surface area (Å²) >= 11 is 0. The van der Waals surface area contributed by atoms with Crippen LogP contribution in [0.25, 0.3) is 0 Å². The van der Waals surface area contributed by atoms with Crippen molar-refractivity contribution in [3.63, 3.8) is 0 Å². The van der Waals surface area contributed by atoms with E-state index in [0.29, 0.717) is 6.42 Å². The Morgan fingerprint density at radius 1 is 1.45 bits per heavy atom. The molecule has 0 fully saturated rings. The van der Waals surface area contributed by atoms with Gasteiger partial charge in [0.15, 0.2) is 5.82 Å². The van der Waals surface area contributed by atoms with E-state index in [0.717, 1.165) is 43.9 Å². The van der Waals surface area contributed by atoms with Gasteiger partial charge in [0, 0.05) is 13.0 Å². The Kier molecular flexibility index (Phi) is 8.36. The molecule has 0 saturated carbocycles. The molecule has 1 aromatic rings. The van der Waals surface area contributed by atoms with E-state index >= 15 is 0 Å². The molecule has 1 aromatic heterocycles. The SMILES string of the molecule is CCCC(C)(N)C(=O)NC1CCCn2nc(CC)nc21.Cl.Cl. The van der Waals surface area contributed by atoms with Crippen LogP contribution in [0.1, 0.15) is 64.1 Å². The highest BCUT2D eigenvalue weighted by Gasteiger charge is 2.32. The predicted octanol–water partition coefficient (Wildman–Crippen LogP) is 2.15. The van der Waals surface area contributed by atoms with E-state index in [1.165, 1.54) is 0 Å². The molecule has 0 radical (unpaired) electrons. The van der Waals surface area contributed by atoms with Crippen molar-refractivity contribution in [3.05, 3.63) is 11.6 Å². The normalized spacial score (nSPS) is 19.2. The maximum absolute atomic E-state index is 12.3. The van der Waals surface area contributed by atoms with Crippen molar-refractivity contribution < 1.29 is 4.79 Å². The number of hydrogen-bond acceptors (Lipinski definition) is 4. The number of carbonyl (C=O) groups is 1. The first kappa shape index (κ1) is 21.1. The molecule has 6 nitrogen and oxygen atoms in total. The van der Waals surface area contributed by atoms with Gasteiger partial charge in [0.2, 0.25) is 5.91 Å². The van der Waals surface area contributed by atoms with Crippen LogP contribution in [0.3, 0.4) is 0 Å². The second-order valence-corrected chi connectivity index (χ2v) is 5.80. The van der Waals surface area contributed by atoms with Crippen LogP contribution in [0.5, 0.6) is 0 Å². The maximum atomic E-state index is 12.3. The summed E-state index contributed by atoms with van der Waals surface area (Å²) in [5, 5.41) is 7.50. The molecule has 1 aliphatic heterocycles. The average Bonchev–Trinajstić information content (AvgIpc) is 2.82. The Morgan fingerprint density at radius 2 is 2.14 bits per heavy atom. The fourth-order valence-electron chi connectivity index (χ4n) is 2.64. The summed E-state index contributed by atoms with van der Waals surface area (Å²) in [4.78, 5) is 16.8. The summed E-state index contributed by atoms with van der Waals surface area (Å²) < 4.78 is 1.92. The minimum absolute atomic E-state index is 0. The lowest BCUT2D eigenvalue weighted by atomic mass is 9.95. The number of nitrogens with one attached hydrogen (secondary N) is 1. The van der Waals surface area contributed by atoms with Crippen molar-refractivity contribution in [1.29, 1.82) is 0 Å². The van der Waals surface area contributed by atoms with Gasteiger partial charge in [-0.25, -0.2) is 9.67 Å². The Morgan fingerprint density at radius 3 is 2.73 bits per heavy atom. The fourth-order valence-corrected chi connectivity index (χ4v) is 2.64. The van der Waals surface area contributed by atoms with E-state index < -0.39 is 5.54 Å². The van der Waals surface area contributed by atoms with Crippen molar-refractivity contribution in [3.8, 4) is 0 Å². The topological polar surface area (TPSA) is 85.8 Å². The number of fused-ring (bicyclic) bond motifs is 1. The van der Waals surface area contributed by atoms with Gasteiger partial charge in [-0.3, -0.25) is 4.79 Å². The van der Waals surface area contributed by atoms with Crippen LogP contribution in [-0.4, -0.2) is 26.2 Å². The maximum Gasteiger partial charge on any atom is 0.240 e. The van der Waals surface area contributed by atoms with E-state index in [2.05, 4.69) is 15.4 Å². The quantitative estimate of drug-likeness (QED) is 0.850. The van der Waals surface area contributed by atoms with Gasteiger partial charge < -0.3 is 11.1 Å². The minimum Gasteiger partial charge on any atom is -0.344 e. The first-order valence-electron chi connectivity index (χ1n) is 7.51. The Labute approximate surface area is 144 Å². The summed E-state index contributed by atoms with van der Waals surface area (Å²) in [5.41, 5.74) is 5.27. The molecule has 2 heterocycles. The third-order valence-corrected chi connectivity index (χ3v) is 3.83. The lowest BCUT2D eigenvalue weighted by Gasteiger charge is -2.28. The molecule has 0 aliphatic carbocycles. The summed E-state index contributed by atoms with van der Waals surface area (Å²) in [5.74, 6) is 1.61. The number of aryl methyl sites for hydroxylation is 2. The van der Waals surface area contributed by atoms with Gasteiger partial charge in [0.1, 0.15) is 5.82 Å².